The second-order valence-electron chi connectivity index (χ2n) is 4.90. The van der Waals surface area contributed by atoms with Crippen molar-refractivity contribution in [1.82, 2.24) is 15.2 Å². The van der Waals surface area contributed by atoms with Gasteiger partial charge in [-0.1, -0.05) is 18.2 Å². The number of ether oxygens (including phenoxy) is 1. The van der Waals surface area contributed by atoms with Gasteiger partial charge in [-0.3, -0.25) is 9.88 Å². The van der Waals surface area contributed by atoms with Gasteiger partial charge in [0.1, 0.15) is 5.75 Å². The molecule has 1 aromatic heterocycles. The van der Waals surface area contributed by atoms with Crippen LogP contribution in [0.4, 0.5) is 0 Å². The van der Waals surface area contributed by atoms with E-state index in [-0.39, 0.29) is 0 Å². The molecule has 1 fully saturated rings. The zero-order valence-electron chi connectivity index (χ0n) is 11.6. The second kappa shape index (κ2) is 6.35. The molecule has 4 nitrogen and oxygen atoms in total. The molecule has 3 rings (SSSR count). The van der Waals surface area contributed by atoms with Crippen molar-refractivity contribution in [2.75, 3.05) is 26.7 Å². The summed E-state index contributed by atoms with van der Waals surface area (Å²) >= 11 is 1.72. The SMILES string of the molecule is COc1ccccc1C1CNCCN1Cc1cncs1. The minimum atomic E-state index is 0.349. The van der Waals surface area contributed by atoms with E-state index in [0.717, 1.165) is 31.9 Å². The second-order valence-corrected chi connectivity index (χ2v) is 5.87. The van der Waals surface area contributed by atoms with E-state index in [1.807, 2.05) is 23.8 Å². The highest BCUT2D eigenvalue weighted by atomic mass is 32.1. The van der Waals surface area contributed by atoms with E-state index in [0.29, 0.717) is 6.04 Å². The van der Waals surface area contributed by atoms with Crippen molar-refractivity contribution < 1.29 is 4.74 Å². The minimum absolute atomic E-state index is 0.349. The Morgan fingerprint density at radius 1 is 1.45 bits per heavy atom. The van der Waals surface area contributed by atoms with Crippen molar-refractivity contribution in [3.63, 3.8) is 0 Å². The zero-order chi connectivity index (χ0) is 13.8. The Balaban J connectivity index is 1.84. The molecular formula is C15H19N3OS. The maximum atomic E-state index is 5.52. The topological polar surface area (TPSA) is 37.4 Å². The molecule has 0 radical (unpaired) electrons. The Morgan fingerprint density at radius 3 is 3.15 bits per heavy atom. The standard InChI is InChI=1S/C15H19N3OS/c1-19-15-5-3-2-4-13(15)14-9-16-6-7-18(14)10-12-8-17-11-20-12/h2-5,8,11,14,16H,6-7,9-10H2,1H3. The highest BCUT2D eigenvalue weighted by Gasteiger charge is 2.26. The van der Waals surface area contributed by atoms with Gasteiger partial charge in [0, 0.05) is 42.8 Å². The number of thiazole rings is 1. The van der Waals surface area contributed by atoms with Crippen molar-refractivity contribution in [2.24, 2.45) is 0 Å². The monoisotopic (exact) mass is 289 g/mol. The number of piperazine rings is 1. The fraction of sp³-hybridized carbons (Fsp3) is 0.400. The minimum Gasteiger partial charge on any atom is -0.496 e. The molecule has 1 aromatic carbocycles. The summed E-state index contributed by atoms with van der Waals surface area (Å²) in [6, 6.07) is 8.65. The van der Waals surface area contributed by atoms with Gasteiger partial charge in [-0.2, -0.15) is 0 Å². The van der Waals surface area contributed by atoms with Crippen molar-refractivity contribution in [2.45, 2.75) is 12.6 Å². The highest BCUT2D eigenvalue weighted by molar-refractivity contribution is 7.09. The van der Waals surface area contributed by atoms with E-state index in [9.17, 15) is 0 Å². The van der Waals surface area contributed by atoms with Crippen LogP contribution in [0.3, 0.4) is 0 Å². The van der Waals surface area contributed by atoms with Gasteiger partial charge in [0.05, 0.1) is 18.7 Å². The predicted molar refractivity (Wildman–Crippen MR) is 81.1 cm³/mol. The maximum absolute atomic E-state index is 5.52. The first-order chi connectivity index (χ1) is 9.88. The van der Waals surface area contributed by atoms with E-state index in [2.05, 4.69) is 27.3 Å². The molecule has 2 aromatic rings. The van der Waals surface area contributed by atoms with Crippen LogP contribution in [0.1, 0.15) is 16.5 Å². The maximum Gasteiger partial charge on any atom is 0.123 e. The number of methoxy groups -OCH3 is 1. The van der Waals surface area contributed by atoms with Crippen LogP contribution in [0.25, 0.3) is 0 Å². The third-order valence-corrected chi connectivity index (χ3v) is 4.46. The largest absolute Gasteiger partial charge is 0.496 e. The van der Waals surface area contributed by atoms with Crippen LogP contribution < -0.4 is 10.1 Å². The molecule has 1 N–H and O–H groups in total. The summed E-state index contributed by atoms with van der Waals surface area (Å²) in [5.41, 5.74) is 3.15. The van der Waals surface area contributed by atoms with E-state index < -0.39 is 0 Å². The Labute approximate surface area is 123 Å². The molecule has 0 amide bonds. The fourth-order valence-electron chi connectivity index (χ4n) is 2.70. The third-order valence-electron chi connectivity index (χ3n) is 3.69. The van der Waals surface area contributed by atoms with Gasteiger partial charge < -0.3 is 10.1 Å². The number of hydrogen-bond acceptors (Lipinski definition) is 5. The number of aromatic nitrogens is 1. The zero-order valence-corrected chi connectivity index (χ0v) is 12.4. The molecule has 1 aliphatic heterocycles. The third kappa shape index (κ3) is 2.85. The molecule has 2 heterocycles. The molecule has 0 saturated carbocycles. The van der Waals surface area contributed by atoms with E-state index >= 15 is 0 Å². The summed E-state index contributed by atoms with van der Waals surface area (Å²) in [6.07, 6.45) is 1.96. The van der Waals surface area contributed by atoms with E-state index in [1.165, 1.54) is 10.4 Å². The molecule has 0 bridgehead atoms. The van der Waals surface area contributed by atoms with E-state index in [1.54, 1.807) is 18.4 Å². The van der Waals surface area contributed by atoms with Crippen LogP contribution in [0.5, 0.6) is 5.75 Å². The number of benzene rings is 1. The van der Waals surface area contributed by atoms with Gasteiger partial charge in [-0.05, 0) is 6.07 Å². The van der Waals surface area contributed by atoms with Crippen LogP contribution in [0, 0.1) is 0 Å². The van der Waals surface area contributed by atoms with Gasteiger partial charge in [-0.15, -0.1) is 11.3 Å². The van der Waals surface area contributed by atoms with Gasteiger partial charge in [0.25, 0.3) is 0 Å². The molecule has 1 atom stereocenters. The molecule has 0 aliphatic carbocycles. The van der Waals surface area contributed by atoms with Crippen LogP contribution >= 0.6 is 11.3 Å². The van der Waals surface area contributed by atoms with Crippen LogP contribution in [0.2, 0.25) is 0 Å². The summed E-state index contributed by atoms with van der Waals surface area (Å²) in [4.78, 5) is 7.98. The number of nitrogens with zero attached hydrogens (tertiary/aromatic N) is 2. The lowest BCUT2D eigenvalue weighted by Crippen LogP contribution is -2.45. The molecular weight excluding hydrogens is 270 g/mol. The van der Waals surface area contributed by atoms with Crippen LogP contribution in [0.15, 0.2) is 36.0 Å². The first-order valence-corrected chi connectivity index (χ1v) is 7.71. The van der Waals surface area contributed by atoms with Gasteiger partial charge in [0.2, 0.25) is 0 Å². The molecule has 5 heteroatoms. The number of para-hydroxylation sites is 1. The predicted octanol–water partition coefficient (Wildman–Crippen LogP) is 2.30. The Morgan fingerprint density at radius 2 is 2.35 bits per heavy atom. The number of rotatable bonds is 4. The molecule has 20 heavy (non-hydrogen) atoms. The van der Waals surface area contributed by atoms with Gasteiger partial charge >= 0.3 is 0 Å². The Hall–Kier alpha value is -1.43. The Bertz CT molecular complexity index is 544. The quantitative estimate of drug-likeness (QED) is 0.937. The average Bonchev–Trinajstić information content (AvgIpc) is 3.01. The summed E-state index contributed by atoms with van der Waals surface area (Å²) in [5.74, 6) is 0.968. The normalized spacial score (nSPS) is 19.9. The van der Waals surface area contributed by atoms with Crippen molar-refractivity contribution >= 4 is 11.3 Å². The number of hydrogen-bond donors (Lipinski definition) is 1. The van der Waals surface area contributed by atoms with Crippen molar-refractivity contribution in [3.05, 3.63) is 46.4 Å². The number of nitrogens with one attached hydrogen (secondary N) is 1. The summed E-state index contributed by atoms with van der Waals surface area (Å²) < 4.78 is 5.52. The highest BCUT2D eigenvalue weighted by Crippen LogP contribution is 2.31. The van der Waals surface area contributed by atoms with E-state index in [4.69, 9.17) is 4.74 Å². The van der Waals surface area contributed by atoms with Crippen molar-refractivity contribution in [1.29, 1.82) is 0 Å². The lowest BCUT2D eigenvalue weighted by molar-refractivity contribution is 0.152. The summed E-state index contributed by atoms with van der Waals surface area (Å²) in [6.45, 7) is 3.99. The first kappa shape index (κ1) is 13.5. The molecule has 0 spiro atoms. The fourth-order valence-corrected chi connectivity index (χ4v) is 3.32. The molecule has 1 aliphatic rings. The van der Waals surface area contributed by atoms with Crippen molar-refractivity contribution in [3.8, 4) is 5.75 Å². The summed E-state index contributed by atoms with van der Waals surface area (Å²) in [7, 11) is 1.74. The summed E-state index contributed by atoms with van der Waals surface area (Å²) in [5, 5.41) is 3.48. The molecule has 106 valence electrons. The lowest BCUT2D eigenvalue weighted by Gasteiger charge is -2.36. The van der Waals surface area contributed by atoms with Crippen LogP contribution in [-0.4, -0.2) is 36.6 Å². The van der Waals surface area contributed by atoms with Gasteiger partial charge in [-0.25, -0.2) is 0 Å². The van der Waals surface area contributed by atoms with Gasteiger partial charge in [0.15, 0.2) is 0 Å². The first-order valence-electron chi connectivity index (χ1n) is 6.83. The van der Waals surface area contributed by atoms with Crippen LogP contribution in [-0.2, 0) is 6.54 Å². The lowest BCUT2D eigenvalue weighted by atomic mass is 10.0. The molecule has 1 saturated heterocycles. The smallest absolute Gasteiger partial charge is 0.123 e. The average molecular weight is 289 g/mol. The Kier molecular flexibility index (Phi) is 4.30. The molecule has 1 unspecified atom stereocenters.